The van der Waals surface area contributed by atoms with Gasteiger partial charge < -0.3 is 9.64 Å². The fourth-order valence-corrected chi connectivity index (χ4v) is 2.93. The molecule has 2 aromatic rings. The van der Waals surface area contributed by atoms with E-state index in [0.717, 1.165) is 31.4 Å². The van der Waals surface area contributed by atoms with Gasteiger partial charge in [0.2, 0.25) is 0 Å². The highest BCUT2D eigenvalue weighted by Gasteiger charge is 2.29. The number of aromatic nitrogens is 2. The highest BCUT2D eigenvalue weighted by Crippen LogP contribution is 2.29. The van der Waals surface area contributed by atoms with Crippen LogP contribution < -0.4 is 9.64 Å². The summed E-state index contributed by atoms with van der Waals surface area (Å²) in [4.78, 5) is 14.8. The average molecular weight is 297 g/mol. The predicted molar refractivity (Wildman–Crippen MR) is 84.1 cm³/mol. The zero-order chi connectivity index (χ0) is 15.4. The number of anilines is 1. The van der Waals surface area contributed by atoms with Crippen molar-refractivity contribution >= 4 is 11.6 Å². The lowest BCUT2D eigenvalue weighted by molar-refractivity contribution is 0.0970. The van der Waals surface area contributed by atoms with Crippen LogP contribution in [-0.2, 0) is 0 Å². The van der Waals surface area contributed by atoms with E-state index in [9.17, 15) is 4.79 Å². The maximum Gasteiger partial charge on any atom is 0.279 e. The van der Waals surface area contributed by atoms with E-state index in [1.807, 2.05) is 35.2 Å². The number of benzene rings is 1. The Bertz CT molecular complexity index is 639. The SMILES string of the molecule is COc1cnnc(C(=O)N(c2ccccc2)C2CCCC2)c1. The van der Waals surface area contributed by atoms with E-state index in [2.05, 4.69) is 10.2 Å². The number of rotatable bonds is 4. The van der Waals surface area contributed by atoms with E-state index in [4.69, 9.17) is 4.74 Å². The zero-order valence-corrected chi connectivity index (χ0v) is 12.6. The lowest BCUT2D eigenvalue weighted by atomic mass is 10.1. The van der Waals surface area contributed by atoms with E-state index < -0.39 is 0 Å². The number of amides is 1. The van der Waals surface area contributed by atoms with Gasteiger partial charge in [0.25, 0.3) is 5.91 Å². The molecule has 0 unspecified atom stereocenters. The molecule has 1 saturated carbocycles. The normalized spacial score (nSPS) is 14.8. The molecule has 0 aliphatic heterocycles. The molecule has 1 aliphatic carbocycles. The van der Waals surface area contributed by atoms with E-state index in [-0.39, 0.29) is 11.9 Å². The maximum absolute atomic E-state index is 13.0. The average Bonchev–Trinajstić information content (AvgIpc) is 3.10. The second-order valence-corrected chi connectivity index (χ2v) is 5.43. The van der Waals surface area contributed by atoms with Crippen LogP contribution in [0.4, 0.5) is 5.69 Å². The minimum atomic E-state index is -0.121. The van der Waals surface area contributed by atoms with Crippen LogP contribution in [0.25, 0.3) is 0 Å². The molecule has 114 valence electrons. The summed E-state index contributed by atoms with van der Waals surface area (Å²) in [6.45, 7) is 0. The molecule has 1 aliphatic rings. The van der Waals surface area contributed by atoms with Gasteiger partial charge in [-0.05, 0) is 25.0 Å². The molecule has 0 bridgehead atoms. The van der Waals surface area contributed by atoms with Crippen molar-refractivity contribution in [2.24, 2.45) is 0 Å². The topological polar surface area (TPSA) is 55.3 Å². The fraction of sp³-hybridized carbons (Fsp3) is 0.353. The second-order valence-electron chi connectivity index (χ2n) is 5.43. The molecule has 1 amide bonds. The Morgan fingerprint density at radius 2 is 1.95 bits per heavy atom. The van der Waals surface area contributed by atoms with Gasteiger partial charge in [-0.25, -0.2) is 0 Å². The first-order valence-electron chi connectivity index (χ1n) is 7.55. The highest BCUT2D eigenvalue weighted by molar-refractivity contribution is 6.05. The number of ether oxygens (including phenoxy) is 1. The Kier molecular flexibility index (Phi) is 4.32. The summed E-state index contributed by atoms with van der Waals surface area (Å²) in [6.07, 6.45) is 5.87. The van der Waals surface area contributed by atoms with Crippen LogP contribution in [0.2, 0.25) is 0 Å². The molecular formula is C17H19N3O2. The standard InChI is InChI=1S/C17H19N3O2/c1-22-15-11-16(19-18-12-15)17(21)20(14-9-5-6-10-14)13-7-3-2-4-8-13/h2-4,7-8,11-12,14H,5-6,9-10H2,1H3. The molecule has 1 aromatic heterocycles. The van der Waals surface area contributed by atoms with Crippen molar-refractivity contribution < 1.29 is 9.53 Å². The summed E-state index contributed by atoms with van der Waals surface area (Å²) >= 11 is 0. The van der Waals surface area contributed by atoms with Gasteiger partial charge in [-0.15, -0.1) is 5.10 Å². The minimum Gasteiger partial charge on any atom is -0.495 e. The molecule has 0 spiro atoms. The van der Waals surface area contributed by atoms with E-state index >= 15 is 0 Å². The van der Waals surface area contributed by atoms with Gasteiger partial charge in [-0.1, -0.05) is 31.0 Å². The third-order valence-corrected chi connectivity index (χ3v) is 4.03. The Balaban J connectivity index is 1.95. The van der Waals surface area contributed by atoms with Gasteiger partial charge in [-0.2, -0.15) is 5.10 Å². The largest absolute Gasteiger partial charge is 0.495 e. The Morgan fingerprint density at radius 3 is 2.64 bits per heavy atom. The van der Waals surface area contributed by atoms with Gasteiger partial charge in [-0.3, -0.25) is 4.79 Å². The number of carbonyl (C=O) groups excluding carboxylic acids is 1. The molecule has 5 heteroatoms. The first kappa shape index (κ1) is 14.5. The Morgan fingerprint density at radius 1 is 1.23 bits per heavy atom. The predicted octanol–water partition coefficient (Wildman–Crippen LogP) is 3.07. The van der Waals surface area contributed by atoms with Crippen LogP contribution in [0.3, 0.4) is 0 Å². The number of carbonyl (C=O) groups is 1. The quantitative estimate of drug-likeness (QED) is 0.870. The van der Waals surface area contributed by atoms with Crippen LogP contribution in [0.15, 0.2) is 42.6 Å². The van der Waals surface area contributed by atoms with Crippen LogP contribution in [0, 0.1) is 0 Å². The smallest absolute Gasteiger partial charge is 0.279 e. The van der Waals surface area contributed by atoms with Gasteiger partial charge in [0.1, 0.15) is 5.75 Å². The molecule has 0 radical (unpaired) electrons. The first-order chi connectivity index (χ1) is 10.8. The minimum absolute atomic E-state index is 0.121. The van der Waals surface area contributed by atoms with Gasteiger partial charge >= 0.3 is 0 Å². The number of hydrogen-bond acceptors (Lipinski definition) is 4. The van der Waals surface area contributed by atoms with Crippen molar-refractivity contribution in [3.63, 3.8) is 0 Å². The summed E-state index contributed by atoms with van der Waals surface area (Å²) in [5, 5.41) is 7.84. The molecular weight excluding hydrogens is 278 g/mol. The van der Waals surface area contributed by atoms with Crippen molar-refractivity contribution in [1.82, 2.24) is 10.2 Å². The van der Waals surface area contributed by atoms with Crippen molar-refractivity contribution in [3.05, 3.63) is 48.3 Å². The van der Waals surface area contributed by atoms with E-state index in [1.165, 1.54) is 6.20 Å². The number of para-hydroxylation sites is 1. The molecule has 1 aromatic carbocycles. The van der Waals surface area contributed by atoms with Crippen molar-refractivity contribution in [2.45, 2.75) is 31.7 Å². The summed E-state index contributed by atoms with van der Waals surface area (Å²) in [6, 6.07) is 11.6. The Hall–Kier alpha value is -2.43. The van der Waals surface area contributed by atoms with Crippen molar-refractivity contribution in [1.29, 1.82) is 0 Å². The van der Waals surface area contributed by atoms with Crippen molar-refractivity contribution in [2.75, 3.05) is 12.0 Å². The third kappa shape index (κ3) is 2.93. The fourth-order valence-electron chi connectivity index (χ4n) is 2.93. The molecule has 0 N–H and O–H groups in total. The molecule has 0 saturated heterocycles. The lowest BCUT2D eigenvalue weighted by Gasteiger charge is -2.28. The van der Waals surface area contributed by atoms with E-state index in [1.54, 1.807) is 13.2 Å². The molecule has 5 nitrogen and oxygen atoms in total. The van der Waals surface area contributed by atoms with Crippen LogP contribution >= 0.6 is 0 Å². The zero-order valence-electron chi connectivity index (χ0n) is 12.6. The first-order valence-corrected chi connectivity index (χ1v) is 7.55. The van der Waals surface area contributed by atoms with Gasteiger partial charge in [0, 0.05) is 17.8 Å². The monoisotopic (exact) mass is 297 g/mol. The molecule has 0 atom stereocenters. The summed E-state index contributed by atoms with van der Waals surface area (Å²) < 4.78 is 5.14. The second kappa shape index (κ2) is 6.56. The Labute approximate surface area is 129 Å². The highest BCUT2D eigenvalue weighted by atomic mass is 16.5. The van der Waals surface area contributed by atoms with Gasteiger partial charge in [0.15, 0.2) is 5.69 Å². The molecule has 1 heterocycles. The van der Waals surface area contributed by atoms with E-state index in [0.29, 0.717) is 11.4 Å². The third-order valence-electron chi connectivity index (χ3n) is 4.03. The van der Waals surface area contributed by atoms with Crippen LogP contribution in [0.5, 0.6) is 5.75 Å². The van der Waals surface area contributed by atoms with Crippen LogP contribution in [0.1, 0.15) is 36.2 Å². The summed E-state index contributed by atoms with van der Waals surface area (Å²) in [5.41, 5.74) is 1.22. The maximum atomic E-state index is 13.0. The summed E-state index contributed by atoms with van der Waals surface area (Å²) in [7, 11) is 1.55. The number of hydrogen-bond donors (Lipinski definition) is 0. The number of nitrogens with zero attached hydrogens (tertiary/aromatic N) is 3. The van der Waals surface area contributed by atoms with Crippen LogP contribution in [-0.4, -0.2) is 29.3 Å². The molecule has 3 rings (SSSR count). The molecule has 1 fully saturated rings. The lowest BCUT2D eigenvalue weighted by Crippen LogP contribution is -2.39. The summed E-state index contributed by atoms with van der Waals surface area (Å²) in [5.74, 6) is 0.419. The van der Waals surface area contributed by atoms with Crippen molar-refractivity contribution in [3.8, 4) is 5.75 Å². The molecule has 22 heavy (non-hydrogen) atoms. The number of methoxy groups -OCH3 is 1. The van der Waals surface area contributed by atoms with Gasteiger partial charge in [0.05, 0.1) is 13.3 Å².